The predicted octanol–water partition coefficient (Wildman–Crippen LogP) is 12.9. The lowest BCUT2D eigenvalue weighted by Gasteiger charge is -2.26. The van der Waals surface area contributed by atoms with E-state index in [2.05, 4.69) is 126 Å². The molecule has 0 atom stereocenters. The molecule has 48 heavy (non-hydrogen) atoms. The van der Waals surface area contributed by atoms with Gasteiger partial charge < -0.3 is 13.7 Å². The van der Waals surface area contributed by atoms with Gasteiger partial charge in [0.05, 0.1) is 5.69 Å². The first-order chi connectivity index (χ1) is 23.8. The minimum Gasteiger partial charge on any atom is -0.454 e. The zero-order valence-electron chi connectivity index (χ0n) is 25.6. The quantitative estimate of drug-likeness (QED) is 0.189. The number of rotatable bonds is 5. The first-order valence-corrected chi connectivity index (χ1v) is 16.8. The molecule has 10 aromatic rings. The Kier molecular flexibility index (Phi) is 6.01. The van der Waals surface area contributed by atoms with Crippen LogP contribution in [0, 0.1) is 0 Å². The van der Waals surface area contributed by atoms with E-state index in [0.29, 0.717) is 5.89 Å². The Balaban J connectivity index is 1.19. The van der Waals surface area contributed by atoms with Crippen LogP contribution >= 0.6 is 11.3 Å². The van der Waals surface area contributed by atoms with Gasteiger partial charge in [0.2, 0.25) is 5.89 Å². The molecule has 3 heterocycles. The lowest BCUT2D eigenvalue weighted by molar-refractivity contribution is 0.620. The number of aromatic nitrogens is 1. The molecule has 0 unspecified atom stereocenters. The second-order valence-electron chi connectivity index (χ2n) is 12.0. The number of benzene rings is 7. The number of furan rings is 1. The Morgan fingerprint density at radius 2 is 1.25 bits per heavy atom. The summed E-state index contributed by atoms with van der Waals surface area (Å²) in [6.07, 6.45) is 0. The summed E-state index contributed by atoms with van der Waals surface area (Å²) >= 11 is 1.79. The second-order valence-corrected chi connectivity index (χ2v) is 13.0. The summed E-state index contributed by atoms with van der Waals surface area (Å²) in [5.74, 6) is 0.640. The number of anilines is 3. The molecule has 0 aliphatic rings. The van der Waals surface area contributed by atoms with Crippen LogP contribution in [-0.2, 0) is 0 Å². The van der Waals surface area contributed by atoms with E-state index in [4.69, 9.17) is 13.8 Å². The average Bonchev–Trinajstić information content (AvgIpc) is 3.86. The van der Waals surface area contributed by atoms with Crippen molar-refractivity contribution in [2.45, 2.75) is 0 Å². The van der Waals surface area contributed by atoms with Gasteiger partial charge in [0, 0.05) is 47.9 Å². The van der Waals surface area contributed by atoms with Gasteiger partial charge >= 0.3 is 0 Å². The summed E-state index contributed by atoms with van der Waals surface area (Å²) in [5.41, 5.74) is 9.81. The van der Waals surface area contributed by atoms with E-state index in [1.54, 1.807) is 11.3 Å². The summed E-state index contributed by atoms with van der Waals surface area (Å²) in [5, 5.41) is 4.54. The minimum absolute atomic E-state index is 0.640. The van der Waals surface area contributed by atoms with Crippen molar-refractivity contribution < 1.29 is 8.83 Å². The fourth-order valence-corrected chi connectivity index (χ4v) is 8.08. The van der Waals surface area contributed by atoms with Crippen LogP contribution in [0.3, 0.4) is 0 Å². The smallest absolute Gasteiger partial charge is 0.227 e. The maximum Gasteiger partial charge on any atom is 0.227 e. The average molecular weight is 635 g/mol. The van der Waals surface area contributed by atoms with Crippen LogP contribution in [0.25, 0.3) is 75.8 Å². The van der Waals surface area contributed by atoms with Gasteiger partial charge in [-0.05, 0) is 71.8 Å². The van der Waals surface area contributed by atoms with Gasteiger partial charge in [-0.3, -0.25) is 0 Å². The Morgan fingerprint density at radius 1 is 0.500 bits per heavy atom. The Hall–Kier alpha value is -6.17. The van der Waals surface area contributed by atoms with Crippen LogP contribution < -0.4 is 4.90 Å². The highest BCUT2D eigenvalue weighted by Crippen LogP contribution is 2.46. The first kappa shape index (κ1) is 27.0. The molecule has 226 valence electrons. The van der Waals surface area contributed by atoms with Crippen LogP contribution in [0.4, 0.5) is 17.1 Å². The second kappa shape index (κ2) is 10.7. The lowest BCUT2D eigenvalue weighted by atomic mass is 10.0. The molecule has 0 amide bonds. The third-order valence-electron chi connectivity index (χ3n) is 9.10. The standard InChI is InChI=1S/C43H26N2O2S/c1-2-11-27(12-3-1)28-13-8-14-29(25-28)45(36-19-9-16-32-31-15-4-6-20-37(31)46-42(32)36)30-23-24-33-40(26-30)48-39-22-10-17-34(41(33)39)43-44-35-18-5-7-21-38(35)47-43/h1-26H. The van der Waals surface area contributed by atoms with Crippen molar-refractivity contribution in [2.75, 3.05) is 4.90 Å². The highest BCUT2D eigenvalue weighted by atomic mass is 32.1. The molecule has 3 aromatic heterocycles. The number of thiophene rings is 1. The number of hydrogen-bond donors (Lipinski definition) is 0. The Bertz CT molecular complexity index is 2780. The number of nitrogens with zero attached hydrogens (tertiary/aromatic N) is 2. The van der Waals surface area contributed by atoms with Gasteiger partial charge in [0.1, 0.15) is 11.1 Å². The zero-order chi connectivity index (χ0) is 31.6. The third-order valence-corrected chi connectivity index (χ3v) is 10.2. The molecule has 0 spiro atoms. The highest BCUT2D eigenvalue weighted by Gasteiger charge is 2.22. The number of para-hydroxylation sites is 4. The van der Waals surface area contributed by atoms with Crippen molar-refractivity contribution in [2.24, 2.45) is 0 Å². The van der Waals surface area contributed by atoms with Crippen molar-refractivity contribution >= 4 is 81.6 Å². The summed E-state index contributed by atoms with van der Waals surface area (Å²) in [4.78, 5) is 7.17. The van der Waals surface area contributed by atoms with Crippen LogP contribution in [0.1, 0.15) is 0 Å². The van der Waals surface area contributed by atoms with E-state index in [0.717, 1.165) is 66.6 Å². The van der Waals surface area contributed by atoms with Crippen LogP contribution in [-0.4, -0.2) is 4.98 Å². The largest absolute Gasteiger partial charge is 0.454 e. The van der Waals surface area contributed by atoms with Gasteiger partial charge in [-0.1, -0.05) is 97.1 Å². The van der Waals surface area contributed by atoms with Gasteiger partial charge in [-0.2, -0.15) is 0 Å². The van der Waals surface area contributed by atoms with Gasteiger partial charge in [-0.25, -0.2) is 4.98 Å². The number of fused-ring (bicyclic) bond motifs is 7. The normalized spacial score (nSPS) is 11.8. The number of oxazole rings is 1. The molecule has 5 heteroatoms. The van der Waals surface area contributed by atoms with Crippen LogP contribution in [0.2, 0.25) is 0 Å². The summed E-state index contributed by atoms with van der Waals surface area (Å²) in [6.45, 7) is 0. The van der Waals surface area contributed by atoms with E-state index in [-0.39, 0.29) is 0 Å². The molecule has 0 saturated heterocycles. The van der Waals surface area contributed by atoms with Crippen LogP contribution in [0.15, 0.2) is 167 Å². The van der Waals surface area contributed by atoms with E-state index in [1.807, 2.05) is 36.4 Å². The molecular formula is C43H26N2O2S. The Morgan fingerprint density at radius 3 is 2.17 bits per heavy atom. The predicted molar refractivity (Wildman–Crippen MR) is 200 cm³/mol. The fourth-order valence-electron chi connectivity index (χ4n) is 6.91. The molecule has 0 radical (unpaired) electrons. The van der Waals surface area contributed by atoms with Crippen molar-refractivity contribution in [1.29, 1.82) is 0 Å². The maximum atomic E-state index is 6.59. The molecule has 0 aliphatic carbocycles. The lowest BCUT2D eigenvalue weighted by Crippen LogP contribution is -2.10. The van der Waals surface area contributed by atoms with Crippen molar-refractivity contribution in [3.05, 3.63) is 158 Å². The molecule has 10 rings (SSSR count). The molecule has 0 aliphatic heterocycles. The van der Waals surface area contributed by atoms with Gasteiger partial charge in [0.25, 0.3) is 0 Å². The molecule has 0 fully saturated rings. The fraction of sp³-hybridized carbons (Fsp3) is 0. The molecule has 0 bridgehead atoms. The highest BCUT2D eigenvalue weighted by molar-refractivity contribution is 7.26. The topological polar surface area (TPSA) is 42.4 Å². The zero-order valence-corrected chi connectivity index (χ0v) is 26.4. The van der Waals surface area contributed by atoms with Gasteiger partial charge in [0.15, 0.2) is 11.2 Å². The third kappa shape index (κ3) is 4.25. The van der Waals surface area contributed by atoms with E-state index in [1.165, 1.54) is 20.3 Å². The van der Waals surface area contributed by atoms with Crippen molar-refractivity contribution in [3.63, 3.8) is 0 Å². The summed E-state index contributed by atoms with van der Waals surface area (Å²) in [7, 11) is 0. The van der Waals surface area contributed by atoms with E-state index < -0.39 is 0 Å². The summed E-state index contributed by atoms with van der Waals surface area (Å²) < 4.78 is 15.2. The molecule has 7 aromatic carbocycles. The molecule has 4 nitrogen and oxygen atoms in total. The molecular weight excluding hydrogens is 609 g/mol. The monoisotopic (exact) mass is 634 g/mol. The minimum atomic E-state index is 0.640. The molecule has 0 saturated carbocycles. The Labute approximate surface area is 279 Å². The van der Waals surface area contributed by atoms with Crippen LogP contribution in [0.5, 0.6) is 0 Å². The van der Waals surface area contributed by atoms with Gasteiger partial charge in [-0.15, -0.1) is 11.3 Å². The van der Waals surface area contributed by atoms with E-state index in [9.17, 15) is 0 Å². The number of hydrogen-bond acceptors (Lipinski definition) is 5. The maximum absolute atomic E-state index is 6.59. The first-order valence-electron chi connectivity index (χ1n) is 16.0. The van der Waals surface area contributed by atoms with Crippen molar-refractivity contribution in [3.8, 4) is 22.6 Å². The molecule has 0 N–H and O–H groups in total. The summed E-state index contributed by atoms with van der Waals surface area (Å²) in [6, 6.07) is 55.0. The van der Waals surface area contributed by atoms with E-state index >= 15 is 0 Å². The SMILES string of the molecule is c1ccc(-c2cccc(N(c3ccc4c(c3)sc3cccc(-c5nc6ccccc6o5)c34)c3cccc4c3oc3ccccc34)c2)cc1. The van der Waals surface area contributed by atoms with Crippen molar-refractivity contribution in [1.82, 2.24) is 4.98 Å².